The van der Waals surface area contributed by atoms with Crippen LogP contribution in [0.5, 0.6) is 0 Å². The summed E-state index contributed by atoms with van der Waals surface area (Å²) in [7, 11) is 1.62. The van der Waals surface area contributed by atoms with Crippen LogP contribution >= 0.6 is 0 Å². The molecule has 1 atom stereocenters. The maximum Gasteiger partial charge on any atom is 0.244 e. The van der Waals surface area contributed by atoms with Crippen LogP contribution in [0.15, 0.2) is 30.3 Å². The molecule has 1 rings (SSSR count). The van der Waals surface area contributed by atoms with E-state index >= 15 is 0 Å². The number of nitrogens with one attached hydrogen (secondary N) is 1. The summed E-state index contributed by atoms with van der Waals surface area (Å²) in [6, 6.07) is 8.28. The molecule has 3 nitrogen and oxygen atoms in total. The predicted octanol–water partition coefficient (Wildman–Crippen LogP) is 3.15. The molecule has 1 aromatic carbocycles. The van der Waals surface area contributed by atoms with Crippen molar-refractivity contribution in [2.24, 2.45) is 0 Å². The number of amides is 1. The molecule has 0 saturated carbocycles. The van der Waals surface area contributed by atoms with Gasteiger partial charge < -0.3 is 10.1 Å². The second-order valence-corrected chi connectivity index (χ2v) is 6.07. The van der Waals surface area contributed by atoms with Crippen molar-refractivity contribution in [2.75, 3.05) is 13.7 Å². The average Bonchev–Trinajstić information content (AvgIpc) is 2.36. The molecule has 0 aliphatic carbocycles. The Morgan fingerprint density at radius 1 is 1.30 bits per heavy atom. The van der Waals surface area contributed by atoms with Crippen LogP contribution in [0.4, 0.5) is 0 Å². The van der Waals surface area contributed by atoms with E-state index in [0.717, 1.165) is 5.56 Å². The fraction of sp³-hybridized carbons (Fsp3) is 0.471. The maximum atomic E-state index is 11.7. The van der Waals surface area contributed by atoms with Crippen molar-refractivity contribution in [1.29, 1.82) is 0 Å². The number of ether oxygens (including phenoxy) is 1. The molecule has 110 valence electrons. The molecule has 0 aromatic heterocycles. The predicted molar refractivity (Wildman–Crippen MR) is 83.7 cm³/mol. The van der Waals surface area contributed by atoms with Crippen molar-refractivity contribution in [2.45, 2.75) is 39.2 Å². The summed E-state index contributed by atoms with van der Waals surface area (Å²) in [5, 5.41) is 2.84. The van der Waals surface area contributed by atoms with Gasteiger partial charge in [-0.1, -0.05) is 45.0 Å². The van der Waals surface area contributed by atoms with Crippen molar-refractivity contribution in [3.05, 3.63) is 41.5 Å². The molecule has 20 heavy (non-hydrogen) atoms. The lowest BCUT2D eigenvalue weighted by Crippen LogP contribution is -2.34. The maximum absolute atomic E-state index is 11.7. The van der Waals surface area contributed by atoms with Crippen LogP contribution in [-0.2, 0) is 14.9 Å². The third-order valence-electron chi connectivity index (χ3n) is 3.01. The van der Waals surface area contributed by atoms with Crippen LogP contribution in [0.3, 0.4) is 0 Å². The molecule has 0 bridgehead atoms. The summed E-state index contributed by atoms with van der Waals surface area (Å²) < 4.78 is 4.97. The molecule has 0 fully saturated rings. The quantitative estimate of drug-likeness (QED) is 0.838. The fourth-order valence-corrected chi connectivity index (χ4v) is 1.85. The van der Waals surface area contributed by atoms with Gasteiger partial charge in [-0.15, -0.1) is 0 Å². The summed E-state index contributed by atoms with van der Waals surface area (Å²) >= 11 is 0. The average molecular weight is 275 g/mol. The van der Waals surface area contributed by atoms with E-state index in [1.165, 1.54) is 5.56 Å². The first-order valence-electron chi connectivity index (χ1n) is 6.91. The lowest BCUT2D eigenvalue weighted by Gasteiger charge is -2.18. The SMILES string of the molecule is COC[C@@H](C)NC(=O)/C=C/c1ccc(C(C)(C)C)cc1. The first kappa shape index (κ1) is 16.4. The van der Waals surface area contributed by atoms with Crippen LogP contribution in [0.1, 0.15) is 38.8 Å². The minimum absolute atomic E-state index is 0.0143. The Labute approximate surface area is 122 Å². The van der Waals surface area contributed by atoms with Gasteiger partial charge >= 0.3 is 0 Å². The number of rotatable bonds is 5. The molecular formula is C17H25NO2. The standard InChI is InChI=1S/C17H25NO2/c1-13(12-20-5)18-16(19)11-8-14-6-9-15(10-7-14)17(2,3)4/h6-11,13H,12H2,1-5H3,(H,18,19)/b11-8+/t13-/m1/s1. The van der Waals surface area contributed by atoms with E-state index in [1.807, 2.05) is 25.1 Å². The molecule has 0 spiro atoms. The van der Waals surface area contributed by atoms with Gasteiger partial charge in [0, 0.05) is 19.2 Å². The van der Waals surface area contributed by atoms with Crippen molar-refractivity contribution < 1.29 is 9.53 Å². The molecule has 0 heterocycles. The summed E-state index contributed by atoms with van der Waals surface area (Å²) in [6.07, 6.45) is 3.37. The zero-order valence-corrected chi connectivity index (χ0v) is 13.1. The largest absolute Gasteiger partial charge is 0.383 e. The highest BCUT2D eigenvalue weighted by molar-refractivity contribution is 5.91. The second-order valence-electron chi connectivity index (χ2n) is 6.07. The topological polar surface area (TPSA) is 38.3 Å². The van der Waals surface area contributed by atoms with E-state index in [4.69, 9.17) is 4.74 Å². The third kappa shape index (κ3) is 5.57. The van der Waals surface area contributed by atoms with E-state index in [0.29, 0.717) is 6.61 Å². The van der Waals surface area contributed by atoms with E-state index in [1.54, 1.807) is 13.2 Å². The van der Waals surface area contributed by atoms with Crippen molar-refractivity contribution in [3.8, 4) is 0 Å². The smallest absolute Gasteiger partial charge is 0.244 e. The van der Waals surface area contributed by atoms with E-state index < -0.39 is 0 Å². The lowest BCUT2D eigenvalue weighted by molar-refractivity contribution is -0.117. The molecule has 0 aliphatic heterocycles. The Morgan fingerprint density at radius 2 is 1.90 bits per heavy atom. The highest BCUT2D eigenvalue weighted by Gasteiger charge is 2.12. The summed E-state index contributed by atoms with van der Waals surface area (Å²) in [4.78, 5) is 11.7. The molecule has 0 unspecified atom stereocenters. The Morgan fingerprint density at radius 3 is 2.40 bits per heavy atom. The Bertz CT molecular complexity index is 455. The number of benzene rings is 1. The normalized spacial score (nSPS) is 13.4. The Kier molecular flexibility index (Phi) is 5.96. The van der Waals surface area contributed by atoms with Crippen LogP contribution in [0.25, 0.3) is 6.08 Å². The first-order chi connectivity index (χ1) is 9.32. The van der Waals surface area contributed by atoms with E-state index in [2.05, 4.69) is 38.2 Å². The third-order valence-corrected chi connectivity index (χ3v) is 3.01. The molecule has 1 amide bonds. The fourth-order valence-electron chi connectivity index (χ4n) is 1.85. The molecule has 1 aromatic rings. The minimum atomic E-state index is -0.102. The minimum Gasteiger partial charge on any atom is -0.383 e. The zero-order valence-electron chi connectivity index (χ0n) is 13.1. The number of carbonyl (C=O) groups is 1. The van der Waals surface area contributed by atoms with E-state index in [9.17, 15) is 4.79 Å². The second kappa shape index (κ2) is 7.25. The van der Waals surface area contributed by atoms with Crippen LogP contribution < -0.4 is 5.32 Å². The van der Waals surface area contributed by atoms with Gasteiger partial charge in [-0.2, -0.15) is 0 Å². The summed E-state index contributed by atoms with van der Waals surface area (Å²) in [5.74, 6) is -0.102. The molecule has 0 saturated heterocycles. The van der Waals surface area contributed by atoms with Gasteiger partial charge in [-0.3, -0.25) is 4.79 Å². The van der Waals surface area contributed by atoms with Gasteiger partial charge in [0.15, 0.2) is 0 Å². The van der Waals surface area contributed by atoms with E-state index in [-0.39, 0.29) is 17.4 Å². The zero-order chi connectivity index (χ0) is 15.2. The van der Waals surface area contributed by atoms with Crippen molar-refractivity contribution >= 4 is 12.0 Å². The molecule has 1 N–H and O–H groups in total. The van der Waals surface area contributed by atoms with Crippen LogP contribution in [0.2, 0.25) is 0 Å². The number of hydrogen-bond acceptors (Lipinski definition) is 2. The van der Waals surface area contributed by atoms with Gasteiger partial charge in [0.25, 0.3) is 0 Å². The van der Waals surface area contributed by atoms with Crippen LogP contribution in [-0.4, -0.2) is 25.7 Å². The van der Waals surface area contributed by atoms with Gasteiger partial charge in [0.05, 0.1) is 6.61 Å². The van der Waals surface area contributed by atoms with Gasteiger partial charge in [0.2, 0.25) is 5.91 Å². The highest BCUT2D eigenvalue weighted by Crippen LogP contribution is 2.22. The first-order valence-corrected chi connectivity index (χ1v) is 6.91. The van der Waals surface area contributed by atoms with Crippen molar-refractivity contribution in [1.82, 2.24) is 5.32 Å². The number of hydrogen-bond donors (Lipinski definition) is 1. The Hall–Kier alpha value is -1.61. The summed E-state index contributed by atoms with van der Waals surface area (Å²) in [6.45, 7) is 8.97. The molecule has 0 radical (unpaired) electrons. The molecule has 0 aliphatic rings. The summed E-state index contributed by atoms with van der Waals surface area (Å²) in [5.41, 5.74) is 2.45. The molecular weight excluding hydrogens is 250 g/mol. The highest BCUT2D eigenvalue weighted by atomic mass is 16.5. The monoisotopic (exact) mass is 275 g/mol. The van der Waals surface area contributed by atoms with Gasteiger partial charge in [-0.25, -0.2) is 0 Å². The van der Waals surface area contributed by atoms with Crippen LogP contribution in [0, 0.1) is 0 Å². The Balaban J connectivity index is 2.60. The van der Waals surface area contributed by atoms with Crippen molar-refractivity contribution in [3.63, 3.8) is 0 Å². The molecule has 3 heteroatoms. The number of methoxy groups -OCH3 is 1. The number of carbonyl (C=O) groups excluding carboxylic acids is 1. The van der Waals surface area contributed by atoms with Gasteiger partial charge in [-0.05, 0) is 29.5 Å². The lowest BCUT2D eigenvalue weighted by atomic mass is 9.87. The van der Waals surface area contributed by atoms with Gasteiger partial charge in [0.1, 0.15) is 0 Å².